The van der Waals surface area contributed by atoms with Crippen LogP contribution in [0.4, 0.5) is 0 Å². The SMILES string of the molecule is COCC1(CNC(=O)c2ccccc2OCC(=O)N(C)C)CCNCC1. The van der Waals surface area contributed by atoms with E-state index in [0.29, 0.717) is 24.5 Å². The predicted octanol–water partition coefficient (Wildman–Crippen LogP) is 0.900. The minimum Gasteiger partial charge on any atom is -0.483 e. The molecule has 1 aromatic carbocycles. The van der Waals surface area contributed by atoms with Gasteiger partial charge in [0.25, 0.3) is 11.8 Å². The number of hydrogen-bond acceptors (Lipinski definition) is 5. The molecule has 0 radical (unpaired) electrons. The van der Waals surface area contributed by atoms with Crippen molar-refractivity contribution in [1.29, 1.82) is 0 Å². The van der Waals surface area contributed by atoms with Crippen molar-refractivity contribution in [3.63, 3.8) is 0 Å². The van der Waals surface area contributed by atoms with Crippen molar-refractivity contribution in [2.45, 2.75) is 12.8 Å². The van der Waals surface area contributed by atoms with Crippen molar-refractivity contribution in [3.05, 3.63) is 29.8 Å². The second kappa shape index (κ2) is 9.54. The highest BCUT2D eigenvalue weighted by atomic mass is 16.5. The summed E-state index contributed by atoms with van der Waals surface area (Å²) in [6.45, 7) is 2.91. The molecule has 0 bridgehead atoms. The molecule has 2 rings (SSSR count). The Morgan fingerprint density at radius 1 is 1.23 bits per heavy atom. The smallest absolute Gasteiger partial charge is 0.259 e. The van der Waals surface area contributed by atoms with Crippen molar-refractivity contribution in [1.82, 2.24) is 15.5 Å². The lowest BCUT2D eigenvalue weighted by Crippen LogP contribution is -2.47. The summed E-state index contributed by atoms with van der Waals surface area (Å²) < 4.78 is 10.9. The molecular weight excluding hydrogens is 334 g/mol. The quantitative estimate of drug-likeness (QED) is 0.717. The van der Waals surface area contributed by atoms with E-state index >= 15 is 0 Å². The Morgan fingerprint density at radius 2 is 1.92 bits per heavy atom. The summed E-state index contributed by atoms with van der Waals surface area (Å²) in [6, 6.07) is 6.97. The molecule has 7 nitrogen and oxygen atoms in total. The fourth-order valence-corrected chi connectivity index (χ4v) is 3.05. The second-order valence-electron chi connectivity index (χ2n) is 6.94. The summed E-state index contributed by atoms with van der Waals surface area (Å²) in [4.78, 5) is 25.9. The number of likely N-dealkylation sites (N-methyl/N-ethyl adjacent to an activating group) is 1. The molecule has 26 heavy (non-hydrogen) atoms. The fourth-order valence-electron chi connectivity index (χ4n) is 3.05. The van der Waals surface area contributed by atoms with Gasteiger partial charge in [0.2, 0.25) is 0 Å². The predicted molar refractivity (Wildman–Crippen MR) is 99.4 cm³/mol. The summed E-state index contributed by atoms with van der Waals surface area (Å²) in [5.74, 6) is 0.0483. The molecule has 144 valence electrons. The number of hydrogen-bond donors (Lipinski definition) is 2. The van der Waals surface area contributed by atoms with Gasteiger partial charge in [-0.3, -0.25) is 9.59 Å². The van der Waals surface area contributed by atoms with Crippen LogP contribution < -0.4 is 15.4 Å². The lowest BCUT2D eigenvalue weighted by Gasteiger charge is -2.37. The zero-order valence-electron chi connectivity index (χ0n) is 15.8. The summed E-state index contributed by atoms with van der Waals surface area (Å²) >= 11 is 0. The van der Waals surface area contributed by atoms with E-state index in [9.17, 15) is 9.59 Å². The van der Waals surface area contributed by atoms with Gasteiger partial charge in [0.05, 0.1) is 12.2 Å². The van der Waals surface area contributed by atoms with E-state index in [4.69, 9.17) is 9.47 Å². The zero-order chi connectivity index (χ0) is 19.0. The van der Waals surface area contributed by atoms with Gasteiger partial charge >= 0.3 is 0 Å². The second-order valence-corrected chi connectivity index (χ2v) is 6.94. The maximum absolute atomic E-state index is 12.7. The number of rotatable bonds is 8. The summed E-state index contributed by atoms with van der Waals surface area (Å²) in [5.41, 5.74) is 0.382. The summed E-state index contributed by atoms with van der Waals surface area (Å²) in [7, 11) is 5.02. The van der Waals surface area contributed by atoms with E-state index in [2.05, 4.69) is 10.6 Å². The lowest BCUT2D eigenvalue weighted by atomic mass is 9.79. The maximum Gasteiger partial charge on any atom is 0.259 e. The first-order chi connectivity index (χ1) is 12.5. The van der Waals surface area contributed by atoms with Crippen LogP contribution in [0.5, 0.6) is 5.75 Å². The molecule has 1 aromatic rings. The molecule has 1 aliphatic heterocycles. The van der Waals surface area contributed by atoms with Gasteiger partial charge < -0.3 is 25.0 Å². The van der Waals surface area contributed by atoms with Crippen LogP contribution in [0.25, 0.3) is 0 Å². The first-order valence-corrected chi connectivity index (χ1v) is 8.87. The molecule has 2 N–H and O–H groups in total. The van der Waals surface area contributed by atoms with Crippen molar-refractivity contribution in [2.75, 3.05) is 54.1 Å². The van der Waals surface area contributed by atoms with Gasteiger partial charge in [-0.05, 0) is 38.1 Å². The number of amides is 2. The maximum atomic E-state index is 12.7. The molecule has 0 atom stereocenters. The molecule has 7 heteroatoms. The van der Waals surface area contributed by atoms with Gasteiger partial charge in [-0.2, -0.15) is 0 Å². The molecule has 0 unspecified atom stereocenters. The Balaban J connectivity index is 2.01. The molecule has 0 spiro atoms. The molecular formula is C19H29N3O4. The highest BCUT2D eigenvalue weighted by Crippen LogP contribution is 2.28. The first-order valence-electron chi connectivity index (χ1n) is 8.87. The van der Waals surface area contributed by atoms with Crippen LogP contribution in [0, 0.1) is 5.41 Å². The van der Waals surface area contributed by atoms with Gasteiger partial charge in [0, 0.05) is 33.2 Å². The van der Waals surface area contributed by atoms with Crippen LogP contribution in [0.1, 0.15) is 23.2 Å². The van der Waals surface area contributed by atoms with E-state index in [1.807, 2.05) is 0 Å². The molecule has 0 aromatic heterocycles. The minimum absolute atomic E-state index is 0.0493. The highest BCUT2D eigenvalue weighted by Gasteiger charge is 2.32. The number of nitrogens with one attached hydrogen (secondary N) is 2. The van der Waals surface area contributed by atoms with Crippen molar-refractivity contribution >= 4 is 11.8 Å². The number of carbonyl (C=O) groups is 2. The van der Waals surface area contributed by atoms with Crippen molar-refractivity contribution < 1.29 is 19.1 Å². The van der Waals surface area contributed by atoms with Crippen LogP contribution >= 0.6 is 0 Å². The topological polar surface area (TPSA) is 79.9 Å². The van der Waals surface area contributed by atoms with Gasteiger partial charge in [0.15, 0.2) is 6.61 Å². The summed E-state index contributed by atoms with van der Waals surface area (Å²) in [5, 5.41) is 6.36. The van der Waals surface area contributed by atoms with Crippen LogP contribution in [-0.2, 0) is 9.53 Å². The Kier molecular flexibility index (Phi) is 7.41. The number of piperidine rings is 1. The first kappa shape index (κ1) is 20.2. The highest BCUT2D eigenvalue weighted by molar-refractivity contribution is 5.97. The Morgan fingerprint density at radius 3 is 2.58 bits per heavy atom. The Labute approximate surface area is 155 Å². The van der Waals surface area contributed by atoms with Gasteiger partial charge in [-0.15, -0.1) is 0 Å². The van der Waals surface area contributed by atoms with Gasteiger partial charge in [0.1, 0.15) is 5.75 Å². The largest absolute Gasteiger partial charge is 0.483 e. The summed E-state index contributed by atoms with van der Waals surface area (Å²) in [6.07, 6.45) is 1.91. The average molecular weight is 363 g/mol. The van der Waals surface area contributed by atoms with Crippen LogP contribution in [0.2, 0.25) is 0 Å². The third kappa shape index (κ3) is 5.44. The van der Waals surface area contributed by atoms with Crippen molar-refractivity contribution in [2.24, 2.45) is 5.41 Å². The number of nitrogens with zero attached hydrogens (tertiary/aromatic N) is 1. The average Bonchev–Trinajstić information content (AvgIpc) is 2.65. The zero-order valence-corrected chi connectivity index (χ0v) is 15.8. The van der Waals surface area contributed by atoms with E-state index < -0.39 is 0 Å². The van der Waals surface area contributed by atoms with Gasteiger partial charge in [-0.1, -0.05) is 12.1 Å². The monoisotopic (exact) mass is 363 g/mol. The van der Waals surface area contributed by atoms with E-state index in [0.717, 1.165) is 25.9 Å². The third-order valence-electron chi connectivity index (χ3n) is 4.72. The van der Waals surface area contributed by atoms with E-state index in [-0.39, 0.29) is 23.8 Å². The Hall–Kier alpha value is -2.12. The number of carbonyl (C=O) groups excluding carboxylic acids is 2. The fraction of sp³-hybridized carbons (Fsp3) is 0.579. The minimum atomic E-state index is -0.202. The standard InChI is InChI=1S/C19H29N3O4/c1-22(2)17(23)12-26-16-7-5-4-6-15(16)18(24)21-13-19(14-25-3)8-10-20-11-9-19/h4-7,20H,8-14H2,1-3H3,(H,21,24). The molecule has 1 saturated heterocycles. The van der Waals surface area contributed by atoms with Crippen molar-refractivity contribution in [3.8, 4) is 5.75 Å². The molecule has 1 aliphatic rings. The molecule has 2 amide bonds. The van der Waals surface area contributed by atoms with Gasteiger partial charge in [-0.25, -0.2) is 0 Å². The van der Waals surface area contributed by atoms with E-state index in [1.165, 1.54) is 4.90 Å². The molecule has 0 aliphatic carbocycles. The molecule has 1 heterocycles. The van der Waals surface area contributed by atoms with E-state index in [1.54, 1.807) is 45.5 Å². The number of benzene rings is 1. The molecule has 0 saturated carbocycles. The van der Waals surface area contributed by atoms with Crippen LogP contribution in [0.3, 0.4) is 0 Å². The molecule has 1 fully saturated rings. The number of methoxy groups -OCH3 is 1. The third-order valence-corrected chi connectivity index (χ3v) is 4.72. The number of ether oxygens (including phenoxy) is 2. The van der Waals surface area contributed by atoms with Crippen LogP contribution in [0.15, 0.2) is 24.3 Å². The normalized spacial score (nSPS) is 16.0. The Bertz CT molecular complexity index is 607. The van der Waals surface area contributed by atoms with Crippen LogP contribution in [-0.4, -0.2) is 70.8 Å². The lowest BCUT2D eigenvalue weighted by molar-refractivity contribution is -0.130. The number of para-hydroxylation sites is 1.